The van der Waals surface area contributed by atoms with Gasteiger partial charge in [0.25, 0.3) is 0 Å². The molecule has 1 saturated heterocycles. The Balaban J connectivity index is 1.51. The monoisotopic (exact) mass is 334 g/mol. The summed E-state index contributed by atoms with van der Waals surface area (Å²) in [4.78, 5) is 12.2. The number of aromatic nitrogens is 3. The van der Waals surface area contributed by atoms with Crippen LogP contribution in [-0.2, 0) is 23.0 Å². The Labute approximate surface area is 140 Å². The van der Waals surface area contributed by atoms with Crippen molar-refractivity contribution >= 4 is 5.91 Å². The van der Waals surface area contributed by atoms with Crippen LogP contribution in [0.1, 0.15) is 23.4 Å². The summed E-state index contributed by atoms with van der Waals surface area (Å²) in [6, 6.07) is -0.164. The molecule has 1 aliphatic heterocycles. The largest absolute Gasteiger partial charge is 0.482 e. The average molecular weight is 334 g/mol. The second kappa shape index (κ2) is 7.04. The Hall–Kier alpha value is -2.35. The van der Waals surface area contributed by atoms with Crippen LogP contribution >= 0.6 is 0 Å². The fourth-order valence-electron chi connectivity index (χ4n) is 2.80. The normalized spacial score (nSPS) is 20.3. The van der Waals surface area contributed by atoms with Gasteiger partial charge in [0.05, 0.1) is 37.3 Å². The highest BCUT2D eigenvalue weighted by molar-refractivity contribution is 5.76. The molecule has 0 aliphatic carbocycles. The number of nitrogens with zero attached hydrogens (tertiary/aromatic N) is 3. The zero-order valence-electron chi connectivity index (χ0n) is 14.1. The van der Waals surface area contributed by atoms with Crippen LogP contribution in [-0.4, -0.2) is 46.2 Å². The van der Waals surface area contributed by atoms with E-state index in [9.17, 15) is 4.79 Å². The molecule has 0 radical (unpaired) electrons. The number of hydrogen-bond acceptors (Lipinski definition) is 6. The summed E-state index contributed by atoms with van der Waals surface area (Å²) < 4.78 is 18.1. The van der Waals surface area contributed by atoms with E-state index in [4.69, 9.17) is 14.0 Å². The molecule has 0 spiro atoms. The predicted octanol–water partition coefficient (Wildman–Crippen LogP) is 0.920. The molecule has 8 nitrogen and oxygen atoms in total. The molecular weight excluding hydrogens is 312 g/mol. The summed E-state index contributed by atoms with van der Waals surface area (Å²) in [7, 11) is 1.83. The van der Waals surface area contributed by atoms with Gasteiger partial charge >= 0.3 is 0 Å². The molecule has 2 aromatic rings. The highest BCUT2D eigenvalue weighted by Gasteiger charge is 2.31. The van der Waals surface area contributed by atoms with Gasteiger partial charge in [-0.3, -0.25) is 9.48 Å². The predicted molar refractivity (Wildman–Crippen MR) is 84.7 cm³/mol. The number of amides is 1. The van der Waals surface area contributed by atoms with E-state index in [1.165, 1.54) is 0 Å². The lowest BCUT2D eigenvalue weighted by Gasteiger charge is -2.19. The summed E-state index contributed by atoms with van der Waals surface area (Å²) in [5.41, 5.74) is 1.83. The third-order valence-electron chi connectivity index (χ3n) is 4.13. The molecule has 3 heterocycles. The van der Waals surface area contributed by atoms with Gasteiger partial charge in [-0.1, -0.05) is 5.16 Å². The smallest absolute Gasteiger partial charge is 0.220 e. The minimum Gasteiger partial charge on any atom is -0.482 e. The highest BCUT2D eigenvalue weighted by Crippen LogP contribution is 2.17. The van der Waals surface area contributed by atoms with Crippen molar-refractivity contribution in [2.75, 3.05) is 13.2 Å². The lowest BCUT2D eigenvalue weighted by molar-refractivity contribution is -0.122. The standard InChI is InChI=1S/C16H22N4O4/c1-10-13(11(2)24-19-10)4-5-16(21)18-14-8-22-9-15(14)23-12-6-17-20(3)7-12/h6-7,14-15H,4-5,8-9H2,1-3H3,(H,18,21)/t14-,15+/m0/s1. The summed E-state index contributed by atoms with van der Waals surface area (Å²) >= 11 is 0. The number of rotatable bonds is 6. The van der Waals surface area contributed by atoms with Crippen LogP contribution in [0.15, 0.2) is 16.9 Å². The average Bonchev–Trinajstić information content (AvgIpc) is 3.22. The Morgan fingerprint density at radius 2 is 2.29 bits per heavy atom. The summed E-state index contributed by atoms with van der Waals surface area (Å²) in [5, 5.41) is 11.0. The molecule has 0 unspecified atom stereocenters. The van der Waals surface area contributed by atoms with E-state index < -0.39 is 0 Å². The van der Waals surface area contributed by atoms with Crippen molar-refractivity contribution in [1.29, 1.82) is 0 Å². The Kier molecular flexibility index (Phi) is 4.84. The Morgan fingerprint density at radius 1 is 1.46 bits per heavy atom. The molecule has 1 aliphatic rings. The number of ether oxygens (including phenoxy) is 2. The summed E-state index contributed by atoms with van der Waals surface area (Å²) in [5.74, 6) is 1.40. The van der Waals surface area contributed by atoms with Gasteiger partial charge in [0.15, 0.2) is 5.75 Å². The Bertz CT molecular complexity index is 689. The minimum atomic E-state index is -0.211. The third kappa shape index (κ3) is 3.76. The molecule has 0 aromatic carbocycles. The van der Waals surface area contributed by atoms with Gasteiger partial charge in [0, 0.05) is 19.0 Å². The van der Waals surface area contributed by atoms with Crippen molar-refractivity contribution in [2.24, 2.45) is 7.05 Å². The molecule has 2 aromatic heterocycles. The maximum Gasteiger partial charge on any atom is 0.220 e. The molecule has 1 amide bonds. The van der Waals surface area contributed by atoms with Crippen molar-refractivity contribution < 1.29 is 18.8 Å². The van der Waals surface area contributed by atoms with Gasteiger partial charge < -0.3 is 19.3 Å². The van der Waals surface area contributed by atoms with Gasteiger partial charge in [0.1, 0.15) is 11.9 Å². The first-order valence-electron chi connectivity index (χ1n) is 7.97. The molecule has 0 saturated carbocycles. The molecule has 24 heavy (non-hydrogen) atoms. The number of carbonyl (C=O) groups excluding carboxylic acids is 1. The van der Waals surface area contributed by atoms with E-state index in [0.717, 1.165) is 17.0 Å². The molecule has 8 heteroatoms. The quantitative estimate of drug-likeness (QED) is 0.845. The van der Waals surface area contributed by atoms with E-state index in [1.54, 1.807) is 17.1 Å². The van der Waals surface area contributed by atoms with Crippen molar-refractivity contribution in [1.82, 2.24) is 20.3 Å². The molecule has 130 valence electrons. The van der Waals surface area contributed by atoms with Crippen LogP contribution < -0.4 is 10.1 Å². The molecule has 2 atom stereocenters. The zero-order chi connectivity index (χ0) is 17.1. The van der Waals surface area contributed by atoms with Crippen LogP contribution in [0.2, 0.25) is 0 Å². The fourth-order valence-corrected chi connectivity index (χ4v) is 2.80. The van der Waals surface area contributed by atoms with Gasteiger partial charge in [-0.15, -0.1) is 0 Å². The third-order valence-corrected chi connectivity index (χ3v) is 4.13. The fraction of sp³-hybridized carbons (Fsp3) is 0.562. The van der Waals surface area contributed by atoms with Crippen molar-refractivity contribution in [3.05, 3.63) is 29.4 Å². The lowest BCUT2D eigenvalue weighted by Crippen LogP contribution is -2.45. The van der Waals surface area contributed by atoms with Crippen LogP contribution in [0.5, 0.6) is 5.75 Å². The van der Waals surface area contributed by atoms with Crippen molar-refractivity contribution in [3.63, 3.8) is 0 Å². The van der Waals surface area contributed by atoms with Gasteiger partial charge in [0.2, 0.25) is 5.91 Å². The van der Waals surface area contributed by atoms with Gasteiger partial charge in [-0.05, 0) is 20.3 Å². The maximum atomic E-state index is 12.2. The second-order valence-electron chi connectivity index (χ2n) is 6.02. The van der Waals surface area contributed by atoms with Crippen molar-refractivity contribution in [2.45, 2.75) is 38.8 Å². The first kappa shape index (κ1) is 16.5. The lowest BCUT2D eigenvalue weighted by atomic mass is 10.1. The minimum absolute atomic E-state index is 0.0368. The van der Waals surface area contributed by atoms with E-state index in [0.29, 0.717) is 31.8 Å². The highest BCUT2D eigenvalue weighted by atomic mass is 16.5. The van der Waals surface area contributed by atoms with Gasteiger partial charge in [-0.25, -0.2) is 0 Å². The topological polar surface area (TPSA) is 91.4 Å². The van der Waals surface area contributed by atoms with E-state index >= 15 is 0 Å². The van der Waals surface area contributed by atoms with Crippen molar-refractivity contribution in [3.8, 4) is 5.75 Å². The maximum absolute atomic E-state index is 12.2. The summed E-state index contributed by atoms with van der Waals surface area (Å²) in [6.07, 6.45) is 4.20. The van der Waals surface area contributed by atoms with E-state index in [2.05, 4.69) is 15.6 Å². The first-order valence-corrected chi connectivity index (χ1v) is 7.97. The SMILES string of the molecule is Cc1noc(C)c1CCC(=O)N[C@H]1COC[C@H]1Oc1cnn(C)c1. The Morgan fingerprint density at radius 3 is 2.96 bits per heavy atom. The van der Waals surface area contributed by atoms with E-state index in [1.807, 2.05) is 20.9 Å². The molecular formula is C16H22N4O4. The number of aryl methyl sites for hydroxylation is 3. The van der Waals surface area contributed by atoms with E-state index in [-0.39, 0.29) is 18.1 Å². The van der Waals surface area contributed by atoms with Crippen LogP contribution in [0.4, 0.5) is 0 Å². The molecule has 1 N–H and O–H groups in total. The number of nitrogens with one attached hydrogen (secondary N) is 1. The van der Waals surface area contributed by atoms with Gasteiger partial charge in [-0.2, -0.15) is 5.10 Å². The van der Waals surface area contributed by atoms with Crippen LogP contribution in [0, 0.1) is 13.8 Å². The van der Waals surface area contributed by atoms with Crippen LogP contribution in [0.3, 0.4) is 0 Å². The summed E-state index contributed by atoms with van der Waals surface area (Å²) in [6.45, 7) is 4.63. The van der Waals surface area contributed by atoms with Crippen LogP contribution in [0.25, 0.3) is 0 Å². The molecule has 0 bridgehead atoms. The zero-order valence-corrected chi connectivity index (χ0v) is 14.1. The molecule has 3 rings (SSSR count). The second-order valence-corrected chi connectivity index (χ2v) is 6.02. The molecule has 1 fully saturated rings. The number of hydrogen-bond donors (Lipinski definition) is 1. The first-order chi connectivity index (χ1) is 11.5. The number of carbonyl (C=O) groups is 1.